The van der Waals surface area contributed by atoms with E-state index in [0.29, 0.717) is 50.3 Å². The highest BCUT2D eigenvalue weighted by Crippen LogP contribution is 2.28. The van der Waals surface area contributed by atoms with Gasteiger partial charge in [0.15, 0.2) is 11.0 Å². The summed E-state index contributed by atoms with van der Waals surface area (Å²) in [6.45, 7) is 8.30. The van der Waals surface area contributed by atoms with Crippen molar-refractivity contribution in [3.8, 4) is 0 Å². The quantitative estimate of drug-likeness (QED) is 0.178. The summed E-state index contributed by atoms with van der Waals surface area (Å²) in [6, 6.07) is 9.08. The van der Waals surface area contributed by atoms with E-state index < -0.39 is 6.04 Å². The molecule has 0 fully saturated rings. The van der Waals surface area contributed by atoms with Crippen LogP contribution in [0.1, 0.15) is 42.5 Å². The van der Waals surface area contributed by atoms with Crippen LogP contribution in [0.4, 0.5) is 5.69 Å². The third-order valence-corrected chi connectivity index (χ3v) is 7.17. The number of hydrogen-bond donors (Lipinski definition) is 2. The van der Waals surface area contributed by atoms with Gasteiger partial charge in [0.25, 0.3) is 5.91 Å². The van der Waals surface area contributed by atoms with Crippen LogP contribution in [0, 0.1) is 5.92 Å². The van der Waals surface area contributed by atoms with E-state index in [1.807, 2.05) is 18.4 Å². The molecule has 0 unspecified atom stereocenters. The topological polar surface area (TPSA) is 88.9 Å². The average Bonchev–Trinajstić information content (AvgIpc) is 3.22. The van der Waals surface area contributed by atoms with Crippen LogP contribution in [0.2, 0.25) is 20.1 Å². The van der Waals surface area contributed by atoms with Crippen LogP contribution < -0.4 is 10.6 Å². The molecule has 3 rings (SSSR count). The minimum atomic E-state index is -0.458. The van der Waals surface area contributed by atoms with Crippen molar-refractivity contribution < 1.29 is 9.59 Å². The first-order valence-corrected chi connectivity index (χ1v) is 13.8. The molecule has 2 aromatic carbocycles. The zero-order valence-corrected chi connectivity index (χ0v) is 23.9. The molecule has 196 valence electrons. The summed E-state index contributed by atoms with van der Waals surface area (Å²) in [7, 11) is 0. The van der Waals surface area contributed by atoms with Gasteiger partial charge >= 0.3 is 0 Å². The summed E-state index contributed by atoms with van der Waals surface area (Å²) in [5.74, 6) is 0.206. The fourth-order valence-electron chi connectivity index (χ4n) is 3.48. The van der Waals surface area contributed by atoms with Crippen molar-refractivity contribution in [3.05, 3.63) is 80.5 Å². The van der Waals surface area contributed by atoms with Crippen molar-refractivity contribution in [2.45, 2.75) is 38.0 Å². The normalized spacial score (nSPS) is 11.9. The molecule has 1 heterocycles. The molecule has 12 heteroatoms. The fraction of sp³-hybridized carbons (Fsp3) is 0.280. The Morgan fingerprint density at radius 2 is 1.76 bits per heavy atom. The number of nitrogens with one attached hydrogen (secondary N) is 2. The van der Waals surface area contributed by atoms with E-state index in [9.17, 15) is 9.59 Å². The zero-order valence-electron chi connectivity index (χ0n) is 20.1. The Bertz CT molecular complexity index is 1300. The van der Waals surface area contributed by atoms with E-state index in [0.717, 1.165) is 0 Å². The fourth-order valence-corrected chi connectivity index (χ4v) is 5.07. The third-order valence-electron chi connectivity index (χ3n) is 5.09. The van der Waals surface area contributed by atoms with Crippen molar-refractivity contribution in [3.63, 3.8) is 0 Å². The number of halogens is 4. The summed E-state index contributed by atoms with van der Waals surface area (Å²) in [5, 5.41) is 16.5. The van der Waals surface area contributed by atoms with Gasteiger partial charge in [-0.15, -0.1) is 16.8 Å². The number of amides is 2. The van der Waals surface area contributed by atoms with Crippen LogP contribution in [-0.2, 0) is 11.3 Å². The molecule has 0 spiro atoms. The Balaban J connectivity index is 1.79. The second-order valence-electron chi connectivity index (χ2n) is 8.48. The Kier molecular flexibility index (Phi) is 10.7. The van der Waals surface area contributed by atoms with Crippen LogP contribution in [0.3, 0.4) is 0 Å². The van der Waals surface area contributed by atoms with Gasteiger partial charge in [-0.3, -0.25) is 9.59 Å². The largest absolute Gasteiger partial charge is 0.342 e. The standard InChI is InChI=1S/C25H25Cl4N5O2S/c1-4-9-34-23(21(10-14(2)3)31-24(36)17-7-5-15(26)11-19(17)29)32-33-25(34)37-13-22(35)30-20-12-16(27)6-8-18(20)28/h4-8,11-12,14,21H,1,9-10,13H2,2-3H3,(H,30,35)(H,31,36)/t21-/m0/s1. The number of thioether (sulfide) groups is 1. The number of carbonyl (C=O) groups excluding carboxylic acids is 2. The molecule has 2 N–H and O–H groups in total. The van der Waals surface area contributed by atoms with Crippen LogP contribution in [0.15, 0.2) is 54.2 Å². The summed E-state index contributed by atoms with van der Waals surface area (Å²) < 4.78 is 1.83. The lowest BCUT2D eigenvalue weighted by atomic mass is 10.0. The van der Waals surface area contributed by atoms with Crippen molar-refractivity contribution in [1.29, 1.82) is 0 Å². The molecule has 7 nitrogen and oxygen atoms in total. The summed E-state index contributed by atoms with van der Waals surface area (Å²) in [4.78, 5) is 25.6. The number of benzene rings is 2. The highest BCUT2D eigenvalue weighted by Gasteiger charge is 2.25. The van der Waals surface area contributed by atoms with Crippen molar-refractivity contribution in [2.24, 2.45) is 5.92 Å². The summed E-state index contributed by atoms with van der Waals surface area (Å²) >= 11 is 25.6. The molecule has 0 radical (unpaired) electrons. The van der Waals surface area contributed by atoms with Gasteiger partial charge in [-0.25, -0.2) is 0 Å². The second-order valence-corrected chi connectivity index (χ2v) is 11.1. The molecule has 1 atom stereocenters. The molecule has 0 aliphatic carbocycles. The van der Waals surface area contributed by atoms with Crippen LogP contribution >= 0.6 is 58.2 Å². The number of aromatic nitrogens is 3. The maximum atomic E-state index is 13.1. The highest BCUT2D eigenvalue weighted by atomic mass is 35.5. The lowest BCUT2D eigenvalue weighted by Gasteiger charge is -2.21. The molecule has 0 saturated carbocycles. The zero-order chi connectivity index (χ0) is 27.1. The first-order valence-electron chi connectivity index (χ1n) is 11.3. The van der Waals surface area contributed by atoms with Gasteiger partial charge < -0.3 is 15.2 Å². The first-order chi connectivity index (χ1) is 17.6. The lowest BCUT2D eigenvalue weighted by molar-refractivity contribution is -0.113. The van der Waals surface area contributed by atoms with Crippen LogP contribution in [-0.4, -0.2) is 32.3 Å². The minimum Gasteiger partial charge on any atom is -0.342 e. The maximum absolute atomic E-state index is 13.1. The molecule has 2 amide bonds. The third kappa shape index (κ3) is 8.12. The Labute approximate surface area is 239 Å². The Hall–Kier alpha value is -2.23. The number of allylic oxidation sites excluding steroid dienone is 1. The van der Waals surface area contributed by atoms with E-state index in [4.69, 9.17) is 46.4 Å². The van der Waals surface area contributed by atoms with Crippen molar-refractivity contribution in [1.82, 2.24) is 20.1 Å². The number of hydrogen-bond acceptors (Lipinski definition) is 5. The summed E-state index contributed by atoms with van der Waals surface area (Å²) in [5.41, 5.74) is 0.731. The van der Waals surface area contributed by atoms with Gasteiger partial charge in [-0.2, -0.15) is 0 Å². The second kappa shape index (κ2) is 13.5. The van der Waals surface area contributed by atoms with Crippen LogP contribution in [0.25, 0.3) is 0 Å². The molecule has 37 heavy (non-hydrogen) atoms. The Morgan fingerprint density at radius 1 is 1.05 bits per heavy atom. The van der Waals surface area contributed by atoms with Gasteiger partial charge in [0, 0.05) is 16.6 Å². The predicted molar refractivity (Wildman–Crippen MR) is 152 cm³/mol. The van der Waals surface area contributed by atoms with E-state index in [1.165, 1.54) is 17.8 Å². The highest BCUT2D eigenvalue weighted by molar-refractivity contribution is 7.99. The monoisotopic (exact) mass is 599 g/mol. The SMILES string of the molecule is C=CCn1c(SCC(=O)Nc2cc(Cl)ccc2Cl)nnc1[C@H](CC(C)C)NC(=O)c1ccc(Cl)cc1Cl. The van der Waals surface area contributed by atoms with E-state index in [-0.39, 0.29) is 28.5 Å². The van der Waals surface area contributed by atoms with Crippen molar-refractivity contribution in [2.75, 3.05) is 11.1 Å². The van der Waals surface area contributed by atoms with Gasteiger partial charge in [0.05, 0.1) is 33.1 Å². The van der Waals surface area contributed by atoms with Crippen LogP contribution in [0.5, 0.6) is 0 Å². The first kappa shape index (κ1) is 29.3. The molecule has 0 aliphatic heterocycles. The molecule has 3 aromatic rings. The van der Waals surface area contributed by atoms with Crippen molar-refractivity contribution >= 4 is 75.7 Å². The molecular weight excluding hydrogens is 576 g/mol. The number of nitrogens with zero attached hydrogens (tertiary/aromatic N) is 3. The van der Waals surface area contributed by atoms with Gasteiger partial charge in [-0.05, 0) is 48.7 Å². The molecule has 1 aromatic heterocycles. The van der Waals surface area contributed by atoms with Gasteiger partial charge in [0.1, 0.15) is 0 Å². The van der Waals surface area contributed by atoms with E-state index in [1.54, 1.807) is 36.4 Å². The minimum absolute atomic E-state index is 0.0553. The average molecular weight is 601 g/mol. The summed E-state index contributed by atoms with van der Waals surface area (Å²) in [6.07, 6.45) is 2.30. The molecular formula is C25H25Cl4N5O2S. The molecule has 0 bridgehead atoms. The smallest absolute Gasteiger partial charge is 0.253 e. The predicted octanol–water partition coefficient (Wildman–Crippen LogP) is 7.33. The number of anilines is 1. The van der Waals surface area contributed by atoms with E-state index >= 15 is 0 Å². The molecule has 0 aliphatic rings. The maximum Gasteiger partial charge on any atom is 0.253 e. The number of carbonyl (C=O) groups is 2. The van der Waals surface area contributed by atoms with E-state index in [2.05, 4.69) is 27.4 Å². The van der Waals surface area contributed by atoms with Gasteiger partial charge in [0.2, 0.25) is 5.91 Å². The molecule has 0 saturated heterocycles. The Morgan fingerprint density at radius 3 is 2.43 bits per heavy atom. The lowest BCUT2D eigenvalue weighted by Crippen LogP contribution is -2.32. The number of rotatable bonds is 11. The van der Waals surface area contributed by atoms with Gasteiger partial charge in [-0.1, -0.05) is 78.1 Å².